The lowest BCUT2D eigenvalue weighted by atomic mass is 9.87. The lowest BCUT2D eigenvalue weighted by molar-refractivity contribution is -0.145. The first-order chi connectivity index (χ1) is 43.9. The molecule has 8 unspecified atom stereocenters. The third-order valence-corrected chi connectivity index (χ3v) is 16.3. The van der Waals surface area contributed by atoms with Gasteiger partial charge in [0.05, 0.1) is 12.6 Å². The third kappa shape index (κ3) is 27.4. The largest absolute Gasteiger partial charge is 0.394 e. The van der Waals surface area contributed by atoms with Gasteiger partial charge in [0.2, 0.25) is 82.7 Å². The molecule has 0 aliphatic carbocycles. The molecule has 1 aromatic rings. The summed E-state index contributed by atoms with van der Waals surface area (Å²) in [5, 5.41) is 36.1. The lowest BCUT2D eigenvalue weighted by Gasteiger charge is -2.37. The van der Waals surface area contributed by atoms with Crippen molar-refractivity contribution in [2.45, 2.75) is 270 Å². The van der Waals surface area contributed by atoms with E-state index in [0.717, 1.165) is 25.7 Å². The molecule has 14 amide bonds. The number of aliphatic hydroxyl groups excluding tert-OH is 1. The summed E-state index contributed by atoms with van der Waals surface area (Å²) in [6.45, 7) is 18.8. The van der Waals surface area contributed by atoms with Crippen molar-refractivity contribution in [2.24, 2.45) is 23.1 Å². The van der Waals surface area contributed by atoms with Gasteiger partial charge in [0.15, 0.2) is 0 Å². The predicted molar refractivity (Wildman–Crippen MR) is 350 cm³/mol. The van der Waals surface area contributed by atoms with Gasteiger partial charge in [-0.05, 0) is 118 Å². The minimum atomic E-state index is -1.93. The van der Waals surface area contributed by atoms with E-state index in [2.05, 4.69) is 60.1 Å². The molecule has 17 N–H and O–H groups in total. The summed E-state index contributed by atoms with van der Waals surface area (Å²) in [5.41, 5.74) is 10.1. The monoisotopic (exact) mass is 1320 g/mol. The molecule has 29 heteroatoms. The second-order valence-electron chi connectivity index (χ2n) is 26.5. The van der Waals surface area contributed by atoms with Crippen LogP contribution in [0.15, 0.2) is 30.3 Å². The fourth-order valence-electron chi connectivity index (χ4n) is 10.7. The maximum absolute atomic E-state index is 14.4. The van der Waals surface area contributed by atoms with Crippen LogP contribution in [0.1, 0.15) is 204 Å². The van der Waals surface area contributed by atoms with E-state index in [4.69, 9.17) is 17.2 Å². The van der Waals surface area contributed by atoms with Gasteiger partial charge in [0.25, 0.3) is 0 Å². The Hall–Kier alpha value is -8.24. The number of unbranched alkanes of at least 4 members (excludes halogenated alkanes) is 4. The normalized spacial score (nSPS) is 15.8. The van der Waals surface area contributed by atoms with E-state index in [1.54, 1.807) is 58.0 Å². The second-order valence-corrected chi connectivity index (χ2v) is 26.5. The maximum atomic E-state index is 14.4. The van der Waals surface area contributed by atoms with Crippen molar-refractivity contribution in [3.8, 4) is 0 Å². The van der Waals surface area contributed by atoms with Gasteiger partial charge in [-0.15, -0.1) is 0 Å². The average molecular weight is 1330 g/mol. The Balaban J connectivity index is 2.41. The van der Waals surface area contributed by atoms with Crippen LogP contribution < -0.4 is 70.4 Å². The Labute approximate surface area is 552 Å². The molecule has 29 nitrogen and oxygen atoms in total. The van der Waals surface area contributed by atoms with E-state index in [9.17, 15) is 72.2 Å². The molecule has 1 heterocycles. The van der Waals surface area contributed by atoms with Crippen LogP contribution in [-0.2, 0) is 73.5 Å². The van der Waals surface area contributed by atoms with Crippen LogP contribution in [-0.4, -0.2) is 170 Å². The molecule has 0 bridgehead atoms. The number of nitrogens with one attached hydrogen (secondary N) is 10. The Morgan fingerprint density at radius 2 is 1.05 bits per heavy atom. The topological polar surface area (TPSA) is 461 Å². The zero-order valence-electron chi connectivity index (χ0n) is 57.2. The number of hydrogen-bond acceptors (Lipinski definition) is 15. The molecule has 0 saturated carbocycles. The van der Waals surface area contributed by atoms with E-state index < -0.39 is 167 Å². The summed E-state index contributed by atoms with van der Waals surface area (Å²) >= 11 is 0. The number of carbonyl (C=O) groups is 14. The summed E-state index contributed by atoms with van der Waals surface area (Å²) in [6.07, 6.45) is 3.63. The predicted octanol–water partition coefficient (Wildman–Crippen LogP) is 0.0937. The number of nitrogens with two attached hydrogens (primary N) is 3. The Morgan fingerprint density at radius 3 is 1.56 bits per heavy atom. The summed E-state index contributed by atoms with van der Waals surface area (Å²) in [6, 6.07) is -0.231. The quantitative estimate of drug-likeness (QED) is 0.0386. The molecule has 1 fully saturated rings. The van der Waals surface area contributed by atoms with Crippen molar-refractivity contribution >= 4 is 82.7 Å². The fraction of sp³-hybridized carbons (Fsp3) is 0.692. The van der Waals surface area contributed by atoms with Gasteiger partial charge in [0.1, 0.15) is 58.4 Å². The highest BCUT2D eigenvalue weighted by molar-refractivity contribution is 6.02. The van der Waals surface area contributed by atoms with Gasteiger partial charge < -0.3 is 80.4 Å². The highest BCUT2D eigenvalue weighted by atomic mass is 16.3. The zero-order chi connectivity index (χ0) is 71.3. The first-order valence-electron chi connectivity index (χ1n) is 32.8. The number of likely N-dealkylation sites (tertiary alicyclic amines) is 1. The smallest absolute Gasteiger partial charge is 0.248 e. The van der Waals surface area contributed by atoms with Crippen molar-refractivity contribution in [3.63, 3.8) is 0 Å². The van der Waals surface area contributed by atoms with Crippen molar-refractivity contribution in [1.82, 2.24) is 58.1 Å². The van der Waals surface area contributed by atoms with Gasteiger partial charge >= 0.3 is 0 Å². The number of rotatable bonds is 43. The average Bonchev–Trinajstić information content (AvgIpc) is 1.25. The third-order valence-electron chi connectivity index (χ3n) is 16.3. The number of benzene rings is 1. The van der Waals surface area contributed by atoms with Crippen molar-refractivity contribution in [1.29, 1.82) is 0 Å². The van der Waals surface area contributed by atoms with Crippen LogP contribution in [0.4, 0.5) is 0 Å². The first kappa shape index (κ1) is 81.9. The molecular formula is C65H108N14O15. The number of aliphatic hydroxyl groups is 1. The van der Waals surface area contributed by atoms with Crippen LogP contribution >= 0.6 is 0 Å². The molecule has 0 spiro atoms. The molecule has 1 aliphatic heterocycles. The van der Waals surface area contributed by atoms with Gasteiger partial charge in [-0.1, -0.05) is 97.1 Å². The Morgan fingerprint density at radius 1 is 0.543 bits per heavy atom. The lowest BCUT2D eigenvalue weighted by Crippen LogP contribution is -2.67. The first-order valence-corrected chi connectivity index (χ1v) is 32.8. The van der Waals surface area contributed by atoms with Gasteiger partial charge in [0, 0.05) is 38.6 Å². The highest BCUT2D eigenvalue weighted by Crippen LogP contribution is 2.24. The van der Waals surface area contributed by atoms with Gasteiger partial charge in [-0.2, -0.15) is 0 Å². The van der Waals surface area contributed by atoms with Crippen LogP contribution in [0.25, 0.3) is 0 Å². The summed E-state index contributed by atoms with van der Waals surface area (Å²) < 4.78 is 0. The van der Waals surface area contributed by atoms with E-state index in [1.807, 2.05) is 13.8 Å². The summed E-state index contributed by atoms with van der Waals surface area (Å²) in [5.74, 6) is -11.1. The molecule has 1 aromatic carbocycles. The molecule has 8 atom stereocenters. The molecule has 1 aliphatic rings. The Kier molecular flexibility index (Phi) is 33.8. The van der Waals surface area contributed by atoms with Crippen molar-refractivity contribution in [3.05, 3.63) is 35.9 Å². The molecule has 1 saturated heterocycles. The number of carbonyl (C=O) groups excluding carboxylic acids is 14. The van der Waals surface area contributed by atoms with Crippen LogP contribution in [0.2, 0.25) is 0 Å². The van der Waals surface area contributed by atoms with Crippen LogP contribution in [0.5, 0.6) is 0 Å². The fourth-order valence-corrected chi connectivity index (χ4v) is 10.7. The molecule has 2 rings (SSSR count). The summed E-state index contributed by atoms with van der Waals surface area (Å²) in [4.78, 5) is 192. The van der Waals surface area contributed by atoms with E-state index in [0.29, 0.717) is 31.2 Å². The van der Waals surface area contributed by atoms with E-state index in [1.165, 1.54) is 39.5 Å². The number of primary amides is 3. The highest BCUT2D eigenvalue weighted by Gasteiger charge is 2.46. The second kappa shape index (κ2) is 38.8. The molecule has 0 aromatic heterocycles. The number of nitrogens with zero attached hydrogens (tertiary/aromatic N) is 1. The minimum absolute atomic E-state index is 0.0159. The molecule has 528 valence electrons. The molecule has 94 heavy (non-hydrogen) atoms. The molecular weight excluding hydrogens is 1220 g/mol. The van der Waals surface area contributed by atoms with Gasteiger partial charge in [-0.25, -0.2) is 0 Å². The van der Waals surface area contributed by atoms with E-state index >= 15 is 0 Å². The maximum Gasteiger partial charge on any atom is 0.248 e. The Bertz CT molecular complexity index is 2800. The standard InChI is InChI=1S/C65H108N14O15/c1-13-16-17-18-22-27-51(84)75-64(11,12)61(94)79-35-23-26-47(79)57(90)72-46(37-41-24-20-19-21-25-41)56(89)77-62(7,8)58(91)73-44(29-32-49(67)82)54(87)71-45(30-33-50(68)83)55(88)76-63(9,10)59(92)78-65(15-3,34-14-2)60(93)74-43(28-31-48(66)81)53(86)69-40(6)52(85)70-42(38-80)36-39(4)5/h19-21,24-25,39-40,42-47,80H,13-18,22-23,26-38H2,1-12H3,(H2,66,81)(H2,67,82)(H2,68,83)(H,69,86)(H,70,85)(H,71,87)(H,72,90)(H,73,91)(H,74,93)(H,75,84)(H,76,88)(H,77,89)(H,78,92). The summed E-state index contributed by atoms with van der Waals surface area (Å²) in [7, 11) is 0. The van der Waals surface area contributed by atoms with E-state index in [-0.39, 0.29) is 69.9 Å². The minimum Gasteiger partial charge on any atom is -0.394 e. The number of amides is 14. The number of hydrogen-bond donors (Lipinski definition) is 14. The van der Waals surface area contributed by atoms with Crippen molar-refractivity contribution in [2.75, 3.05) is 13.2 Å². The SMILES string of the molecule is CCCCCCCC(=O)NC(C)(C)C(=O)N1CCCC1C(=O)NC(Cc1ccccc1)C(=O)NC(C)(C)C(=O)NC(CCC(N)=O)C(=O)NC(CCC(N)=O)C(=O)NC(C)(C)C(=O)NC(CC)(CCC)C(=O)NC(CCC(N)=O)C(=O)NC(C)C(=O)NC(CO)CC(C)C. The van der Waals surface area contributed by atoms with Gasteiger partial charge in [-0.3, -0.25) is 67.1 Å². The molecule has 0 radical (unpaired) electrons. The van der Waals surface area contributed by atoms with Crippen molar-refractivity contribution < 1.29 is 72.2 Å². The van der Waals surface area contributed by atoms with Crippen LogP contribution in [0.3, 0.4) is 0 Å². The zero-order valence-corrected chi connectivity index (χ0v) is 57.2. The van der Waals surface area contributed by atoms with Crippen LogP contribution in [0, 0.1) is 5.92 Å².